The number of methoxy groups -OCH3 is 1. The summed E-state index contributed by atoms with van der Waals surface area (Å²) in [6.07, 6.45) is 3.24. The number of hydrogen-bond acceptors (Lipinski definition) is 4. The van der Waals surface area contributed by atoms with Gasteiger partial charge in [0.25, 0.3) is 0 Å². The van der Waals surface area contributed by atoms with Crippen LogP contribution < -0.4 is 4.74 Å². The van der Waals surface area contributed by atoms with Crippen LogP contribution in [-0.4, -0.2) is 56.8 Å². The van der Waals surface area contributed by atoms with Crippen LogP contribution in [0, 0.1) is 0 Å². The molecule has 0 aromatic heterocycles. The Hall–Kier alpha value is -2.16. The van der Waals surface area contributed by atoms with Crippen LogP contribution in [0.15, 0.2) is 64.0 Å². The number of carbonyl (C=O) groups excluding carboxylic acids is 1. The Labute approximate surface area is 173 Å². The van der Waals surface area contributed by atoms with Gasteiger partial charge >= 0.3 is 0 Å². The van der Waals surface area contributed by atoms with Crippen molar-refractivity contribution in [1.82, 2.24) is 9.21 Å². The van der Waals surface area contributed by atoms with Crippen LogP contribution in [0.5, 0.6) is 5.75 Å². The molecule has 0 saturated carbocycles. The molecular formula is C20H21BrN2O4S. The van der Waals surface area contributed by atoms with E-state index in [0.717, 1.165) is 11.3 Å². The Kier molecular flexibility index (Phi) is 6.53. The molecule has 1 aliphatic rings. The molecule has 2 aromatic carbocycles. The van der Waals surface area contributed by atoms with Crippen molar-refractivity contribution < 1.29 is 17.9 Å². The molecule has 0 spiro atoms. The van der Waals surface area contributed by atoms with Crippen LogP contribution in [0.4, 0.5) is 0 Å². The highest BCUT2D eigenvalue weighted by Crippen LogP contribution is 2.25. The first-order valence-electron chi connectivity index (χ1n) is 8.77. The third-order valence-corrected chi connectivity index (χ3v) is 7.43. The fraction of sp³-hybridized carbons (Fsp3) is 0.250. The molecule has 1 amide bonds. The van der Waals surface area contributed by atoms with Gasteiger partial charge < -0.3 is 9.64 Å². The molecule has 28 heavy (non-hydrogen) atoms. The van der Waals surface area contributed by atoms with Crippen LogP contribution in [0.25, 0.3) is 6.08 Å². The number of rotatable bonds is 5. The monoisotopic (exact) mass is 464 g/mol. The molecule has 2 aromatic rings. The van der Waals surface area contributed by atoms with Gasteiger partial charge in [0, 0.05) is 36.7 Å². The van der Waals surface area contributed by atoms with E-state index in [4.69, 9.17) is 4.74 Å². The van der Waals surface area contributed by atoms with Gasteiger partial charge in [0.2, 0.25) is 15.9 Å². The van der Waals surface area contributed by atoms with Gasteiger partial charge in [0.05, 0.1) is 12.0 Å². The van der Waals surface area contributed by atoms with E-state index < -0.39 is 10.0 Å². The van der Waals surface area contributed by atoms with E-state index in [0.29, 0.717) is 17.6 Å². The van der Waals surface area contributed by atoms with Crippen LogP contribution >= 0.6 is 15.9 Å². The fourth-order valence-electron chi connectivity index (χ4n) is 2.96. The van der Waals surface area contributed by atoms with Gasteiger partial charge in [0.15, 0.2) is 0 Å². The first-order valence-corrected chi connectivity index (χ1v) is 11.0. The SMILES string of the molecule is COc1cccc(/C=C/C(=O)N2CCN(S(=O)(=O)c3ccccc3Br)CC2)c1. The lowest BCUT2D eigenvalue weighted by Gasteiger charge is -2.33. The third kappa shape index (κ3) is 4.63. The standard InChI is InChI=1S/C20H21BrN2O4S/c1-27-17-6-4-5-16(15-17)9-10-20(24)22-11-13-23(14-12-22)28(25,26)19-8-3-2-7-18(19)21/h2-10,15H,11-14H2,1H3/b10-9+. The second-order valence-electron chi connectivity index (χ2n) is 6.27. The summed E-state index contributed by atoms with van der Waals surface area (Å²) in [4.78, 5) is 14.3. The third-order valence-electron chi connectivity index (χ3n) is 4.52. The molecule has 3 rings (SSSR count). The van der Waals surface area contributed by atoms with Crippen molar-refractivity contribution in [3.8, 4) is 5.75 Å². The number of halogens is 1. The zero-order valence-corrected chi connectivity index (χ0v) is 17.8. The van der Waals surface area contributed by atoms with Crippen LogP contribution in [0.1, 0.15) is 5.56 Å². The number of hydrogen-bond donors (Lipinski definition) is 0. The minimum Gasteiger partial charge on any atom is -0.497 e. The number of amides is 1. The molecule has 1 saturated heterocycles. The number of benzene rings is 2. The van der Waals surface area contributed by atoms with E-state index in [1.165, 1.54) is 10.4 Å². The molecule has 1 aliphatic heterocycles. The van der Waals surface area contributed by atoms with Crippen LogP contribution in [0.2, 0.25) is 0 Å². The van der Waals surface area contributed by atoms with E-state index >= 15 is 0 Å². The van der Waals surface area contributed by atoms with Crippen molar-refractivity contribution in [3.05, 3.63) is 64.6 Å². The quantitative estimate of drug-likeness (QED) is 0.637. The van der Waals surface area contributed by atoms with Crippen molar-refractivity contribution in [2.75, 3.05) is 33.3 Å². The molecule has 0 atom stereocenters. The van der Waals surface area contributed by atoms with Crippen molar-refractivity contribution in [2.24, 2.45) is 0 Å². The minimum atomic E-state index is -3.59. The number of carbonyl (C=O) groups is 1. The maximum atomic E-state index is 12.8. The van der Waals surface area contributed by atoms with E-state index in [9.17, 15) is 13.2 Å². The molecule has 6 nitrogen and oxygen atoms in total. The Morgan fingerprint density at radius 1 is 1.07 bits per heavy atom. The maximum absolute atomic E-state index is 12.8. The van der Waals surface area contributed by atoms with Crippen molar-refractivity contribution >= 4 is 37.9 Å². The molecule has 0 aliphatic carbocycles. The smallest absolute Gasteiger partial charge is 0.246 e. The maximum Gasteiger partial charge on any atom is 0.246 e. The molecule has 0 bridgehead atoms. The molecular weight excluding hydrogens is 444 g/mol. The van der Waals surface area contributed by atoms with Crippen LogP contribution in [0.3, 0.4) is 0 Å². The summed E-state index contributed by atoms with van der Waals surface area (Å²) in [6, 6.07) is 14.2. The summed E-state index contributed by atoms with van der Waals surface area (Å²) < 4.78 is 32.8. The predicted octanol–water partition coefficient (Wildman–Crippen LogP) is 3.00. The second-order valence-corrected chi connectivity index (χ2v) is 9.03. The summed E-state index contributed by atoms with van der Waals surface area (Å²) in [5.74, 6) is 0.584. The normalized spacial score (nSPS) is 15.7. The zero-order valence-electron chi connectivity index (χ0n) is 15.4. The summed E-state index contributed by atoms with van der Waals surface area (Å²) >= 11 is 3.30. The summed E-state index contributed by atoms with van der Waals surface area (Å²) in [5.41, 5.74) is 0.864. The molecule has 0 N–H and O–H groups in total. The summed E-state index contributed by atoms with van der Waals surface area (Å²) in [6.45, 7) is 1.24. The lowest BCUT2D eigenvalue weighted by molar-refractivity contribution is -0.127. The average Bonchev–Trinajstić information content (AvgIpc) is 2.72. The van der Waals surface area contributed by atoms with Crippen molar-refractivity contribution in [2.45, 2.75) is 4.90 Å². The second kappa shape index (κ2) is 8.89. The van der Waals surface area contributed by atoms with Gasteiger partial charge in [-0.15, -0.1) is 0 Å². The van der Waals surface area contributed by atoms with Gasteiger partial charge in [-0.1, -0.05) is 24.3 Å². The van der Waals surface area contributed by atoms with Gasteiger partial charge in [-0.2, -0.15) is 4.31 Å². The molecule has 1 heterocycles. The minimum absolute atomic E-state index is 0.138. The number of nitrogens with zero attached hydrogens (tertiary/aromatic N) is 2. The predicted molar refractivity (Wildman–Crippen MR) is 112 cm³/mol. The van der Waals surface area contributed by atoms with Gasteiger partial charge in [-0.05, 0) is 51.8 Å². The van der Waals surface area contributed by atoms with Crippen molar-refractivity contribution in [1.29, 1.82) is 0 Å². The van der Waals surface area contributed by atoms with E-state index in [-0.39, 0.29) is 23.9 Å². The molecule has 8 heteroatoms. The summed E-state index contributed by atoms with van der Waals surface area (Å²) in [7, 11) is -2.00. The highest BCUT2D eigenvalue weighted by molar-refractivity contribution is 9.10. The van der Waals surface area contributed by atoms with Gasteiger partial charge in [-0.3, -0.25) is 4.79 Å². The Bertz CT molecular complexity index is 983. The lowest BCUT2D eigenvalue weighted by atomic mass is 10.2. The average molecular weight is 465 g/mol. The highest BCUT2D eigenvalue weighted by atomic mass is 79.9. The van der Waals surface area contributed by atoms with E-state index in [1.807, 2.05) is 24.3 Å². The first kappa shape index (κ1) is 20.6. The molecule has 148 valence electrons. The highest BCUT2D eigenvalue weighted by Gasteiger charge is 2.30. The van der Waals surface area contributed by atoms with E-state index in [1.54, 1.807) is 42.4 Å². The Morgan fingerprint density at radius 2 is 1.79 bits per heavy atom. The zero-order chi connectivity index (χ0) is 20.1. The number of piperazine rings is 1. The van der Waals surface area contributed by atoms with E-state index in [2.05, 4.69) is 15.9 Å². The molecule has 0 unspecified atom stereocenters. The molecule has 0 radical (unpaired) electrons. The summed E-state index contributed by atoms with van der Waals surface area (Å²) in [5, 5.41) is 0. The van der Waals surface area contributed by atoms with Crippen LogP contribution in [-0.2, 0) is 14.8 Å². The number of sulfonamides is 1. The van der Waals surface area contributed by atoms with Gasteiger partial charge in [0.1, 0.15) is 5.75 Å². The van der Waals surface area contributed by atoms with Crippen molar-refractivity contribution in [3.63, 3.8) is 0 Å². The fourth-order valence-corrected chi connectivity index (χ4v) is 5.35. The first-order chi connectivity index (χ1) is 13.4. The lowest BCUT2D eigenvalue weighted by Crippen LogP contribution is -2.50. The largest absolute Gasteiger partial charge is 0.497 e. The topological polar surface area (TPSA) is 66.9 Å². The number of ether oxygens (including phenoxy) is 1. The van der Waals surface area contributed by atoms with Gasteiger partial charge in [-0.25, -0.2) is 8.42 Å². The Balaban J connectivity index is 1.62. The Morgan fingerprint density at radius 3 is 2.46 bits per heavy atom. The molecule has 1 fully saturated rings.